The van der Waals surface area contributed by atoms with E-state index in [0.29, 0.717) is 48.0 Å². The SMILES string of the molecule is CNCC(C)(C)CNC(=O)c1cc(-c2ccc(NC(=O)c3nc(NC(=O)CCCOc4cc5c(cc4OC)C(=O)N4c6ccccc6C[C@H]4CN5C)cn3C)cc2)cn1C. The van der Waals surface area contributed by atoms with Gasteiger partial charge in [-0.15, -0.1) is 0 Å². The van der Waals surface area contributed by atoms with Gasteiger partial charge < -0.3 is 49.7 Å². The molecule has 0 spiro atoms. The number of hydrogen-bond donors (Lipinski definition) is 4. The predicted molar refractivity (Wildman–Crippen MR) is 232 cm³/mol. The Morgan fingerprint density at radius 2 is 1.63 bits per heavy atom. The van der Waals surface area contributed by atoms with Crippen molar-refractivity contribution in [3.8, 4) is 22.6 Å². The fourth-order valence-electron chi connectivity index (χ4n) is 7.92. The van der Waals surface area contributed by atoms with Crippen LogP contribution in [0.2, 0.25) is 0 Å². The number of anilines is 4. The first-order valence-corrected chi connectivity index (χ1v) is 20.1. The molecule has 1 atom stereocenters. The van der Waals surface area contributed by atoms with Crippen molar-refractivity contribution in [3.05, 3.63) is 102 Å². The van der Waals surface area contributed by atoms with Crippen LogP contribution in [0.1, 0.15) is 63.7 Å². The van der Waals surface area contributed by atoms with Crippen LogP contribution in [0, 0.1) is 5.41 Å². The maximum absolute atomic E-state index is 13.9. The Bertz CT molecular complexity index is 2420. The summed E-state index contributed by atoms with van der Waals surface area (Å²) in [5, 5.41) is 11.8. The number of methoxy groups -OCH3 is 1. The smallest absolute Gasteiger partial charge is 0.291 e. The van der Waals surface area contributed by atoms with Crippen LogP contribution in [-0.4, -0.2) is 91.2 Å². The number of fused-ring (bicyclic) bond motifs is 4. The van der Waals surface area contributed by atoms with Gasteiger partial charge in [-0.25, -0.2) is 4.98 Å². The Morgan fingerprint density at radius 3 is 2.38 bits per heavy atom. The van der Waals surface area contributed by atoms with Gasteiger partial charge >= 0.3 is 0 Å². The van der Waals surface area contributed by atoms with Gasteiger partial charge in [-0.3, -0.25) is 19.2 Å². The second kappa shape index (κ2) is 17.3. The molecule has 15 nitrogen and oxygen atoms in total. The van der Waals surface area contributed by atoms with E-state index in [2.05, 4.69) is 51.1 Å². The van der Waals surface area contributed by atoms with E-state index in [0.717, 1.165) is 35.5 Å². The molecule has 7 rings (SSSR count). The van der Waals surface area contributed by atoms with Crippen LogP contribution in [0.3, 0.4) is 0 Å². The number of aryl methyl sites for hydroxylation is 2. The number of likely N-dealkylation sites (N-methyl/N-ethyl adjacent to an activating group) is 1. The van der Waals surface area contributed by atoms with Crippen LogP contribution in [0.5, 0.6) is 11.5 Å². The Kier molecular flexibility index (Phi) is 12.0. The second-order valence-corrected chi connectivity index (χ2v) is 16.3. The van der Waals surface area contributed by atoms with E-state index in [1.807, 2.05) is 74.7 Å². The lowest BCUT2D eigenvalue weighted by Gasteiger charge is -2.25. The maximum atomic E-state index is 13.9. The van der Waals surface area contributed by atoms with E-state index >= 15 is 0 Å². The van der Waals surface area contributed by atoms with Gasteiger partial charge in [0, 0.05) is 82.6 Å². The quantitative estimate of drug-likeness (QED) is 0.100. The number of aromatic nitrogens is 3. The number of rotatable bonds is 15. The molecule has 0 unspecified atom stereocenters. The largest absolute Gasteiger partial charge is 0.493 e. The second-order valence-electron chi connectivity index (χ2n) is 16.3. The molecule has 0 saturated carbocycles. The molecule has 5 aromatic rings. The molecule has 0 aliphatic carbocycles. The lowest BCUT2D eigenvalue weighted by atomic mass is 9.93. The highest BCUT2D eigenvalue weighted by atomic mass is 16.5. The van der Waals surface area contributed by atoms with E-state index in [9.17, 15) is 19.2 Å². The molecule has 2 aliphatic heterocycles. The minimum Gasteiger partial charge on any atom is -0.493 e. The van der Waals surface area contributed by atoms with Crippen LogP contribution in [-0.2, 0) is 25.3 Å². The van der Waals surface area contributed by atoms with Gasteiger partial charge in [0.1, 0.15) is 5.69 Å². The van der Waals surface area contributed by atoms with Crippen molar-refractivity contribution in [2.75, 3.05) is 67.9 Å². The first-order chi connectivity index (χ1) is 28.7. The Morgan fingerprint density at radius 1 is 0.867 bits per heavy atom. The minimum absolute atomic E-state index is 0.0215. The molecule has 0 radical (unpaired) electrons. The van der Waals surface area contributed by atoms with E-state index in [4.69, 9.17) is 9.47 Å². The maximum Gasteiger partial charge on any atom is 0.291 e. The molecule has 0 saturated heterocycles. The molecule has 4 heterocycles. The number of hydrogen-bond acceptors (Lipinski definition) is 9. The number of ether oxygens (including phenoxy) is 2. The lowest BCUT2D eigenvalue weighted by Crippen LogP contribution is -2.41. The van der Waals surface area contributed by atoms with Crippen molar-refractivity contribution in [3.63, 3.8) is 0 Å². The Hall–Kier alpha value is -6.61. The Labute approximate surface area is 350 Å². The zero-order chi connectivity index (χ0) is 42.7. The van der Waals surface area contributed by atoms with E-state index in [1.54, 1.807) is 40.6 Å². The molecule has 0 bridgehead atoms. The first-order valence-electron chi connectivity index (χ1n) is 20.1. The summed E-state index contributed by atoms with van der Waals surface area (Å²) in [6.45, 7) is 6.39. The summed E-state index contributed by atoms with van der Waals surface area (Å²) in [4.78, 5) is 61.3. The Balaban J connectivity index is 0.903. The van der Waals surface area contributed by atoms with Crippen molar-refractivity contribution < 1.29 is 28.7 Å². The fourth-order valence-corrected chi connectivity index (χ4v) is 7.92. The summed E-state index contributed by atoms with van der Waals surface area (Å²) < 4.78 is 15.1. The summed E-state index contributed by atoms with van der Waals surface area (Å²) in [5.74, 6) is 0.368. The zero-order valence-electron chi connectivity index (χ0n) is 35.2. The van der Waals surface area contributed by atoms with Gasteiger partial charge in [-0.05, 0) is 66.8 Å². The molecule has 2 aromatic heterocycles. The fraction of sp³-hybridized carbons (Fsp3) is 0.356. The number of nitrogens with one attached hydrogen (secondary N) is 4. The molecule has 3 aromatic carbocycles. The molecule has 4 amide bonds. The van der Waals surface area contributed by atoms with Crippen LogP contribution in [0.25, 0.3) is 11.1 Å². The molecular formula is C45H53N9O6. The number of imidazole rings is 1. The molecular weight excluding hydrogens is 763 g/mol. The molecule has 15 heteroatoms. The number of amides is 4. The van der Waals surface area contributed by atoms with Crippen molar-refractivity contribution >= 4 is 46.5 Å². The predicted octanol–water partition coefficient (Wildman–Crippen LogP) is 5.48. The highest BCUT2D eigenvalue weighted by Crippen LogP contribution is 2.42. The first kappa shape index (κ1) is 41.5. The van der Waals surface area contributed by atoms with Crippen LogP contribution in [0.4, 0.5) is 22.9 Å². The third-order valence-corrected chi connectivity index (χ3v) is 10.9. The lowest BCUT2D eigenvalue weighted by molar-refractivity contribution is -0.116. The van der Waals surface area contributed by atoms with E-state index in [1.165, 1.54) is 12.7 Å². The number of carbonyl (C=O) groups is 4. The number of nitrogens with zero attached hydrogens (tertiary/aromatic N) is 5. The van der Waals surface area contributed by atoms with Gasteiger partial charge in [0.25, 0.3) is 17.7 Å². The van der Waals surface area contributed by atoms with Gasteiger partial charge in [-0.1, -0.05) is 44.2 Å². The van der Waals surface area contributed by atoms with Crippen LogP contribution < -0.4 is 40.5 Å². The summed E-state index contributed by atoms with van der Waals surface area (Å²) >= 11 is 0. The summed E-state index contributed by atoms with van der Waals surface area (Å²) in [5.41, 5.74) is 6.21. The van der Waals surface area contributed by atoms with Gasteiger partial charge in [0.05, 0.1) is 31.0 Å². The molecule has 314 valence electrons. The van der Waals surface area contributed by atoms with Crippen molar-refractivity contribution in [1.29, 1.82) is 0 Å². The highest BCUT2D eigenvalue weighted by molar-refractivity contribution is 6.12. The molecule has 0 fully saturated rings. The zero-order valence-corrected chi connectivity index (χ0v) is 35.2. The molecule has 2 aliphatic rings. The summed E-state index contributed by atoms with van der Waals surface area (Å²) in [6.07, 6.45) is 4.82. The summed E-state index contributed by atoms with van der Waals surface area (Å²) in [7, 11) is 8.93. The van der Waals surface area contributed by atoms with E-state index in [-0.39, 0.29) is 53.8 Å². The van der Waals surface area contributed by atoms with Gasteiger partial charge in [-0.2, -0.15) is 0 Å². The third-order valence-electron chi connectivity index (χ3n) is 10.9. The normalized spacial score (nSPS) is 14.5. The van der Waals surface area contributed by atoms with Crippen molar-refractivity contribution in [2.24, 2.45) is 19.5 Å². The average molecular weight is 816 g/mol. The number of carbonyl (C=O) groups excluding carboxylic acids is 4. The van der Waals surface area contributed by atoms with Gasteiger partial charge in [0.15, 0.2) is 17.3 Å². The van der Waals surface area contributed by atoms with Gasteiger partial charge in [0.2, 0.25) is 11.7 Å². The topological polar surface area (TPSA) is 164 Å². The minimum atomic E-state index is -0.439. The standard InChI is InChI=1S/C45H53N9O6/c1-45(2,26-46-3)27-47-42(56)36-20-30(23-51(36)4)28-14-16-31(17-15-28)48-43(57)41-50-39(25-53(41)6)49-40(55)13-10-18-60-38-22-35-33(21-37(38)59-7)44(58)54-32(24-52(35)5)19-29-11-8-9-12-34(29)54/h8-9,11-12,14-17,20-23,25,32,46H,10,13,18-19,24,26-27H2,1-7H3,(H,47,56)(H,48,57)(H,49,55)/t32-/m0/s1. The highest BCUT2D eigenvalue weighted by Gasteiger charge is 2.39. The van der Waals surface area contributed by atoms with Crippen molar-refractivity contribution in [1.82, 2.24) is 24.8 Å². The van der Waals surface area contributed by atoms with E-state index < -0.39 is 5.91 Å². The monoisotopic (exact) mass is 815 g/mol. The summed E-state index contributed by atoms with van der Waals surface area (Å²) in [6, 6.07) is 20.8. The number of benzene rings is 3. The van der Waals surface area contributed by atoms with Crippen molar-refractivity contribution in [2.45, 2.75) is 39.2 Å². The van der Waals surface area contributed by atoms with Crippen LogP contribution >= 0.6 is 0 Å². The molecule has 60 heavy (non-hydrogen) atoms. The molecule has 4 N–H and O–H groups in total. The number of para-hydroxylation sites is 1. The average Bonchev–Trinajstić information content (AvgIpc) is 3.90. The van der Waals surface area contributed by atoms with Crippen LogP contribution in [0.15, 0.2) is 79.1 Å². The third kappa shape index (κ3) is 8.86.